The van der Waals surface area contributed by atoms with Gasteiger partial charge >= 0.3 is 5.97 Å². The average Bonchev–Trinajstić information content (AvgIpc) is 2.59. The Balaban J connectivity index is 2.32. The van der Waals surface area contributed by atoms with Crippen LogP contribution < -0.4 is 11.1 Å². The van der Waals surface area contributed by atoms with E-state index in [-0.39, 0.29) is 5.56 Å². The van der Waals surface area contributed by atoms with Crippen LogP contribution in [0.2, 0.25) is 0 Å². The Morgan fingerprint density at radius 3 is 2.21 bits per heavy atom. The number of carbonyl (C=O) groups is 3. The molecule has 6 nitrogen and oxygen atoms in total. The van der Waals surface area contributed by atoms with Gasteiger partial charge in [0.15, 0.2) is 0 Å². The van der Waals surface area contributed by atoms with Crippen molar-refractivity contribution < 1.29 is 19.1 Å². The van der Waals surface area contributed by atoms with Crippen LogP contribution in [-0.2, 0) is 9.53 Å². The van der Waals surface area contributed by atoms with Crippen LogP contribution in [0.3, 0.4) is 0 Å². The van der Waals surface area contributed by atoms with Gasteiger partial charge in [-0.3, -0.25) is 9.59 Å². The number of rotatable bonds is 5. The number of methoxy groups -OCH3 is 1. The van der Waals surface area contributed by atoms with E-state index in [2.05, 4.69) is 5.32 Å². The highest BCUT2D eigenvalue weighted by Gasteiger charge is 2.23. The van der Waals surface area contributed by atoms with Crippen LogP contribution >= 0.6 is 0 Å². The summed E-state index contributed by atoms with van der Waals surface area (Å²) < 4.78 is 4.70. The van der Waals surface area contributed by atoms with Gasteiger partial charge in [-0.2, -0.15) is 0 Å². The van der Waals surface area contributed by atoms with Gasteiger partial charge in [-0.15, -0.1) is 0 Å². The van der Waals surface area contributed by atoms with E-state index in [1.807, 2.05) is 0 Å². The molecule has 3 N–H and O–H groups in total. The summed E-state index contributed by atoms with van der Waals surface area (Å²) in [5.74, 6) is -1.70. The van der Waals surface area contributed by atoms with Gasteiger partial charge < -0.3 is 15.8 Å². The van der Waals surface area contributed by atoms with E-state index in [4.69, 9.17) is 10.5 Å². The summed E-state index contributed by atoms with van der Waals surface area (Å²) in [4.78, 5) is 36.0. The topological polar surface area (TPSA) is 98.5 Å². The molecule has 0 saturated carbocycles. The van der Waals surface area contributed by atoms with E-state index in [9.17, 15) is 14.4 Å². The summed E-state index contributed by atoms with van der Waals surface area (Å²) in [6.07, 6.45) is 0. The van der Waals surface area contributed by atoms with Gasteiger partial charge in [0, 0.05) is 5.56 Å². The van der Waals surface area contributed by atoms with Gasteiger partial charge in [0.05, 0.1) is 12.7 Å². The lowest BCUT2D eigenvalue weighted by Gasteiger charge is -2.17. The van der Waals surface area contributed by atoms with Gasteiger partial charge in [-0.25, -0.2) is 4.79 Å². The maximum absolute atomic E-state index is 12.5. The van der Waals surface area contributed by atoms with E-state index >= 15 is 0 Å². The number of hydrogen-bond acceptors (Lipinski definition) is 4. The number of nitrogens with one attached hydrogen (secondary N) is 1. The molecule has 2 aromatic carbocycles. The first-order chi connectivity index (χ1) is 11.5. The summed E-state index contributed by atoms with van der Waals surface area (Å²) in [7, 11) is 1.27. The van der Waals surface area contributed by atoms with Gasteiger partial charge in [-0.05, 0) is 30.2 Å². The van der Waals surface area contributed by atoms with Gasteiger partial charge in [0.2, 0.25) is 5.91 Å². The molecule has 0 aliphatic rings. The Labute approximate surface area is 139 Å². The Kier molecular flexibility index (Phi) is 5.31. The predicted molar refractivity (Wildman–Crippen MR) is 88.4 cm³/mol. The summed E-state index contributed by atoms with van der Waals surface area (Å²) in [5.41, 5.74) is 7.03. The van der Waals surface area contributed by atoms with E-state index < -0.39 is 23.8 Å². The van der Waals surface area contributed by atoms with Gasteiger partial charge in [0.1, 0.15) is 6.04 Å². The number of primary amides is 1. The van der Waals surface area contributed by atoms with Crippen LogP contribution in [0.4, 0.5) is 0 Å². The molecule has 0 heterocycles. The molecule has 24 heavy (non-hydrogen) atoms. The van der Waals surface area contributed by atoms with Crippen molar-refractivity contribution >= 4 is 17.8 Å². The second-order valence-electron chi connectivity index (χ2n) is 5.19. The maximum atomic E-state index is 12.5. The molecule has 0 saturated heterocycles. The van der Waals surface area contributed by atoms with Crippen molar-refractivity contribution in [2.75, 3.05) is 7.11 Å². The van der Waals surface area contributed by atoms with Crippen LogP contribution in [0.5, 0.6) is 0 Å². The van der Waals surface area contributed by atoms with E-state index in [1.54, 1.807) is 55.5 Å². The molecule has 6 heteroatoms. The highest BCUT2D eigenvalue weighted by atomic mass is 16.5. The van der Waals surface area contributed by atoms with Gasteiger partial charge in [-0.1, -0.05) is 36.4 Å². The largest absolute Gasteiger partial charge is 0.465 e. The number of ether oxygens (including phenoxy) is 1. The summed E-state index contributed by atoms with van der Waals surface area (Å²) in [6, 6.07) is 12.5. The summed E-state index contributed by atoms with van der Waals surface area (Å²) in [6.45, 7) is 1.64. The zero-order chi connectivity index (χ0) is 17.7. The first kappa shape index (κ1) is 17.2. The highest BCUT2D eigenvalue weighted by molar-refractivity contribution is 6.02. The normalized spacial score (nSPS) is 11.4. The average molecular weight is 326 g/mol. The Hall–Kier alpha value is -3.15. The van der Waals surface area contributed by atoms with Crippen molar-refractivity contribution in [3.05, 3.63) is 70.8 Å². The molecule has 0 radical (unpaired) electrons. The molecule has 0 aliphatic heterocycles. The fraction of sp³-hybridized carbons (Fsp3) is 0.167. The van der Waals surface area contributed by atoms with Crippen molar-refractivity contribution in [2.24, 2.45) is 5.73 Å². The molecule has 0 fully saturated rings. The lowest BCUT2D eigenvalue weighted by atomic mass is 10.0. The monoisotopic (exact) mass is 326 g/mol. The van der Waals surface area contributed by atoms with E-state index in [0.29, 0.717) is 16.7 Å². The standard InChI is InChI=1S/C18H18N2O4/c1-11-13(9-6-10-14(11)18(23)24-2)17(22)20-15(16(19)21)12-7-4-3-5-8-12/h3-10,15H,1-2H3,(H2,19,21)(H,20,22). The molecule has 0 aromatic heterocycles. The molecule has 124 valence electrons. The van der Waals surface area contributed by atoms with E-state index in [1.165, 1.54) is 7.11 Å². The maximum Gasteiger partial charge on any atom is 0.338 e. The van der Waals surface area contributed by atoms with Crippen LogP contribution in [0.1, 0.15) is 37.9 Å². The zero-order valence-corrected chi connectivity index (χ0v) is 13.4. The van der Waals surface area contributed by atoms with Crippen LogP contribution in [0.15, 0.2) is 48.5 Å². The lowest BCUT2D eigenvalue weighted by molar-refractivity contribution is -0.120. The second kappa shape index (κ2) is 7.41. The number of esters is 1. The molecule has 1 atom stereocenters. The molecular weight excluding hydrogens is 308 g/mol. The highest BCUT2D eigenvalue weighted by Crippen LogP contribution is 2.17. The third kappa shape index (κ3) is 3.60. The minimum absolute atomic E-state index is 0.278. The third-order valence-electron chi connectivity index (χ3n) is 3.68. The molecule has 2 amide bonds. The minimum atomic E-state index is -0.958. The van der Waals surface area contributed by atoms with Crippen molar-refractivity contribution in [1.29, 1.82) is 0 Å². The molecule has 2 aromatic rings. The predicted octanol–water partition coefficient (Wildman–Crippen LogP) is 1.74. The number of hydrogen-bond donors (Lipinski definition) is 2. The molecule has 2 rings (SSSR count). The zero-order valence-electron chi connectivity index (χ0n) is 13.4. The second-order valence-corrected chi connectivity index (χ2v) is 5.19. The van der Waals surface area contributed by atoms with E-state index in [0.717, 1.165) is 0 Å². The molecular formula is C18H18N2O4. The van der Waals surface area contributed by atoms with Crippen molar-refractivity contribution in [3.63, 3.8) is 0 Å². The fourth-order valence-electron chi connectivity index (χ4n) is 2.39. The number of benzene rings is 2. The third-order valence-corrected chi connectivity index (χ3v) is 3.68. The fourth-order valence-corrected chi connectivity index (χ4v) is 2.39. The van der Waals surface area contributed by atoms with Crippen LogP contribution in [0.25, 0.3) is 0 Å². The lowest BCUT2D eigenvalue weighted by Crippen LogP contribution is -2.37. The first-order valence-electron chi connectivity index (χ1n) is 7.28. The Morgan fingerprint density at radius 1 is 1.00 bits per heavy atom. The Morgan fingerprint density at radius 2 is 1.62 bits per heavy atom. The summed E-state index contributed by atoms with van der Waals surface area (Å²) in [5, 5.41) is 2.61. The number of carbonyl (C=O) groups excluding carboxylic acids is 3. The van der Waals surface area contributed by atoms with Crippen molar-refractivity contribution in [2.45, 2.75) is 13.0 Å². The minimum Gasteiger partial charge on any atom is -0.465 e. The number of nitrogens with two attached hydrogens (primary N) is 1. The molecule has 0 bridgehead atoms. The Bertz CT molecular complexity index is 772. The number of amides is 2. The van der Waals surface area contributed by atoms with Crippen molar-refractivity contribution in [3.8, 4) is 0 Å². The smallest absolute Gasteiger partial charge is 0.338 e. The molecule has 0 spiro atoms. The molecule has 0 aliphatic carbocycles. The SMILES string of the molecule is COC(=O)c1cccc(C(=O)NC(C(N)=O)c2ccccc2)c1C. The molecule has 1 unspecified atom stereocenters. The van der Waals surface area contributed by atoms with Gasteiger partial charge in [0.25, 0.3) is 5.91 Å². The van der Waals surface area contributed by atoms with Crippen molar-refractivity contribution in [1.82, 2.24) is 5.32 Å². The van der Waals surface area contributed by atoms with Crippen LogP contribution in [-0.4, -0.2) is 24.9 Å². The quantitative estimate of drug-likeness (QED) is 0.818. The van der Waals surface area contributed by atoms with Crippen LogP contribution in [0, 0.1) is 6.92 Å². The summed E-state index contributed by atoms with van der Waals surface area (Å²) >= 11 is 0. The first-order valence-corrected chi connectivity index (χ1v) is 7.28.